The molecule has 4 rings (SSSR count). The van der Waals surface area contributed by atoms with Gasteiger partial charge >= 0.3 is 0 Å². The lowest BCUT2D eigenvalue weighted by molar-refractivity contribution is 0.344. The van der Waals surface area contributed by atoms with Crippen LogP contribution in [0.5, 0.6) is 17.2 Å². The molecule has 40 heavy (non-hydrogen) atoms. The van der Waals surface area contributed by atoms with Crippen molar-refractivity contribution in [3.8, 4) is 22.9 Å². The van der Waals surface area contributed by atoms with E-state index in [-0.39, 0.29) is 5.82 Å². The lowest BCUT2D eigenvalue weighted by atomic mass is 9.81. The van der Waals surface area contributed by atoms with Gasteiger partial charge in [-0.3, -0.25) is 9.29 Å². The van der Waals surface area contributed by atoms with Crippen molar-refractivity contribution in [2.75, 3.05) is 37.6 Å². The van der Waals surface area contributed by atoms with Crippen molar-refractivity contribution in [2.45, 2.75) is 24.4 Å². The second-order valence-corrected chi connectivity index (χ2v) is 12.3. The molecule has 0 atom stereocenters. The average molecular weight is 586 g/mol. The van der Waals surface area contributed by atoms with E-state index in [0.717, 1.165) is 28.4 Å². The summed E-state index contributed by atoms with van der Waals surface area (Å²) in [5.74, 6) is 2.18. The topological polar surface area (TPSA) is 91.7 Å². The number of thioether (sulfide) groups is 1. The van der Waals surface area contributed by atoms with Crippen molar-refractivity contribution in [1.29, 1.82) is 0 Å². The molecule has 0 fully saturated rings. The van der Waals surface area contributed by atoms with Crippen LogP contribution in [0.1, 0.15) is 25.1 Å². The van der Waals surface area contributed by atoms with Crippen LogP contribution in [0.2, 0.25) is 0 Å². The number of sulfonamides is 1. The van der Waals surface area contributed by atoms with Crippen molar-refractivity contribution in [1.82, 2.24) is 9.55 Å². The summed E-state index contributed by atoms with van der Waals surface area (Å²) in [6.45, 7) is 4.60. The van der Waals surface area contributed by atoms with Crippen molar-refractivity contribution >= 4 is 27.5 Å². The zero-order valence-electron chi connectivity index (χ0n) is 23.0. The number of ether oxygens (including phenoxy) is 3. The highest BCUT2D eigenvalue weighted by atomic mass is 32.2. The van der Waals surface area contributed by atoms with E-state index in [4.69, 9.17) is 19.2 Å². The molecule has 0 amide bonds. The predicted molar refractivity (Wildman–Crippen MR) is 156 cm³/mol. The van der Waals surface area contributed by atoms with Crippen molar-refractivity contribution in [3.05, 3.63) is 90.0 Å². The number of imidazole rings is 1. The third kappa shape index (κ3) is 6.89. The first-order valence-electron chi connectivity index (χ1n) is 12.4. The molecular formula is C29H32FN3O5S2. The minimum Gasteiger partial charge on any atom is -0.493 e. The van der Waals surface area contributed by atoms with Gasteiger partial charge in [0, 0.05) is 22.5 Å². The quantitative estimate of drug-likeness (QED) is 0.164. The number of aromatic nitrogens is 2. The van der Waals surface area contributed by atoms with Crippen LogP contribution in [0.4, 0.5) is 10.1 Å². The van der Waals surface area contributed by atoms with Crippen LogP contribution in [-0.4, -0.2) is 50.8 Å². The molecule has 0 spiro atoms. The predicted octanol–water partition coefficient (Wildman–Crippen LogP) is 5.90. The number of anilines is 1. The fraction of sp³-hybridized carbons (Fsp3) is 0.276. The summed E-state index contributed by atoms with van der Waals surface area (Å²) in [4.78, 5) is 4.73. The first-order valence-corrected chi connectivity index (χ1v) is 15.3. The molecular weight excluding hydrogens is 553 g/mol. The summed E-state index contributed by atoms with van der Waals surface area (Å²) >= 11 is 1.52. The Morgan fingerprint density at radius 3 is 2.27 bits per heavy atom. The third-order valence-electron chi connectivity index (χ3n) is 6.30. The highest BCUT2D eigenvalue weighted by molar-refractivity contribution is 7.99. The van der Waals surface area contributed by atoms with Gasteiger partial charge in [0.1, 0.15) is 11.6 Å². The number of nitrogens with zero attached hydrogens (tertiary/aromatic N) is 2. The molecule has 0 aliphatic carbocycles. The Labute approximate surface area is 238 Å². The molecule has 1 aromatic heterocycles. The molecule has 0 radical (unpaired) electrons. The van der Waals surface area contributed by atoms with E-state index in [1.165, 1.54) is 23.9 Å². The lowest BCUT2D eigenvalue weighted by Crippen LogP contribution is -2.23. The van der Waals surface area contributed by atoms with Crippen LogP contribution in [0.15, 0.2) is 78.1 Å². The number of halogens is 1. The van der Waals surface area contributed by atoms with Crippen molar-refractivity contribution in [2.24, 2.45) is 0 Å². The van der Waals surface area contributed by atoms with Gasteiger partial charge in [-0.15, -0.1) is 0 Å². The molecule has 0 saturated carbocycles. The van der Waals surface area contributed by atoms with E-state index in [1.54, 1.807) is 50.6 Å². The molecule has 8 nitrogen and oxygen atoms in total. The molecule has 212 valence electrons. The summed E-state index contributed by atoms with van der Waals surface area (Å²) in [5, 5.41) is 0.742. The molecule has 3 aromatic carbocycles. The van der Waals surface area contributed by atoms with Gasteiger partial charge in [0.05, 0.1) is 39.0 Å². The smallest absolute Gasteiger partial charge is 0.229 e. The molecule has 0 saturated heterocycles. The molecule has 11 heteroatoms. The molecule has 4 aromatic rings. The van der Waals surface area contributed by atoms with E-state index in [1.807, 2.05) is 29.0 Å². The summed E-state index contributed by atoms with van der Waals surface area (Å²) in [7, 11) is -0.132. The first kappa shape index (κ1) is 29.3. The normalized spacial score (nSPS) is 11.8. The van der Waals surface area contributed by atoms with Crippen LogP contribution in [0.3, 0.4) is 0 Å². The Bertz CT molecular complexity index is 1550. The monoisotopic (exact) mass is 585 g/mol. The van der Waals surface area contributed by atoms with Gasteiger partial charge in [0.2, 0.25) is 10.0 Å². The Morgan fingerprint density at radius 1 is 0.975 bits per heavy atom. The van der Waals surface area contributed by atoms with Crippen LogP contribution >= 0.6 is 11.8 Å². The maximum absolute atomic E-state index is 13.8. The van der Waals surface area contributed by atoms with Gasteiger partial charge in [0.15, 0.2) is 16.7 Å². The maximum atomic E-state index is 13.8. The summed E-state index contributed by atoms with van der Waals surface area (Å²) in [6.07, 6.45) is 2.95. The van der Waals surface area contributed by atoms with E-state index in [0.29, 0.717) is 35.3 Å². The SMILES string of the molecule is COc1ccc(C(C)(C)c2cnc(SCCOc3ccc(NS(C)(=O)=O)cc3)n2-c2ccc(F)cc2)cc1OC. The summed E-state index contributed by atoms with van der Waals surface area (Å²) in [6, 6.07) is 18.9. The molecule has 0 unspecified atom stereocenters. The fourth-order valence-electron chi connectivity index (χ4n) is 4.22. The van der Waals surface area contributed by atoms with E-state index < -0.39 is 15.4 Å². The zero-order chi connectivity index (χ0) is 28.9. The van der Waals surface area contributed by atoms with E-state index >= 15 is 0 Å². The Kier molecular flexibility index (Phi) is 8.95. The van der Waals surface area contributed by atoms with Crippen LogP contribution in [0, 0.1) is 5.82 Å². The zero-order valence-corrected chi connectivity index (χ0v) is 24.6. The number of rotatable bonds is 12. The third-order valence-corrected chi connectivity index (χ3v) is 7.82. The molecule has 1 N–H and O–H groups in total. The Hall–Kier alpha value is -3.70. The summed E-state index contributed by atoms with van der Waals surface area (Å²) < 4.78 is 57.8. The lowest BCUT2D eigenvalue weighted by Gasteiger charge is -2.28. The highest BCUT2D eigenvalue weighted by Gasteiger charge is 2.30. The van der Waals surface area contributed by atoms with E-state index in [9.17, 15) is 12.8 Å². The van der Waals surface area contributed by atoms with Gasteiger partial charge in [-0.25, -0.2) is 17.8 Å². The van der Waals surface area contributed by atoms with Gasteiger partial charge in [-0.05, 0) is 66.2 Å². The number of benzene rings is 3. The minimum atomic E-state index is -3.34. The van der Waals surface area contributed by atoms with Crippen LogP contribution < -0.4 is 18.9 Å². The number of hydrogen-bond acceptors (Lipinski definition) is 7. The van der Waals surface area contributed by atoms with Gasteiger partial charge in [-0.1, -0.05) is 31.7 Å². The van der Waals surface area contributed by atoms with Gasteiger partial charge < -0.3 is 14.2 Å². The molecule has 1 heterocycles. The van der Waals surface area contributed by atoms with Crippen molar-refractivity contribution in [3.63, 3.8) is 0 Å². The van der Waals surface area contributed by atoms with E-state index in [2.05, 4.69) is 18.6 Å². The first-order chi connectivity index (χ1) is 19.0. The minimum absolute atomic E-state index is 0.315. The second kappa shape index (κ2) is 12.2. The Balaban J connectivity index is 1.56. The Morgan fingerprint density at radius 2 is 1.65 bits per heavy atom. The second-order valence-electron chi connectivity index (χ2n) is 9.53. The number of nitrogens with one attached hydrogen (secondary N) is 1. The number of methoxy groups -OCH3 is 2. The molecule has 0 bridgehead atoms. The standard InChI is InChI=1S/C29H32FN3O5S2/c1-29(2,20-6-15-25(36-3)26(18-20)37-4)27-19-31-28(33(27)23-11-7-21(30)8-12-23)39-17-16-38-24-13-9-22(10-14-24)32-40(5,34)35/h6-15,18-19,32H,16-17H2,1-5H3. The van der Waals surface area contributed by atoms with Crippen molar-refractivity contribution < 1.29 is 27.0 Å². The highest BCUT2D eigenvalue weighted by Crippen LogP contribution is 2.39. The average Bonchev–Trinajstić information content (AvgIpc) is 3.36. The number of hydrogen-bond donors (Lipinski definition) is 1. The molecule has 0 aliphatic heterocycles. The van der Waals surface area contributed by atoms with Gasteiger partial charge in [-0.2, -0.15) is 0 Å². The maximum Gasteiger partial charge on any atom is 0.229 e. The molecule has 0 aliphatic rings. The van der Waals surface area contributed by atoms with Crippen LogP contribution in [-0.2, 0) is 15.4 Å². The summed E-state index contributed by atoms with van der Waals surface area (Å²) in [5.41, 5.74) is 2.69. The van der Waals surface area contributed by atoms with Gasteiger partial charge in [0.25, 0.3) is 0 Å². The fourth-order valence-corrected chi connectivity index (χ4v) is 5.59. The van der Waals surface area contributed by atoms with Crippen LogP contribution in [0.25, 0.3) is 5.69 Å². The largest absolute Gasteiger partial charge is 0.493 e.